The maximum atomic E-state index is 13.3. The van der Waals surface area contributed by atoms with Gasteiger partial charge in [-0.3, -0.25) is 4.98 Å². The lowest BCUT2D eigenvalue weighted by Crippen LogP contribution is -2.18. The van der Waals surface area contributed by atoms with Crippen molar-refractivity contribution in [1.82, 2.24) is 4.98 Å². The van der Waals surface area contributed by atoms with Gasteiger partial charge in [-0.1, -0.05) is 30.3 Å². The van der Waals surface area contributed by atoms with Gasteiger partial charge >= 0.3 is 0 Å². The molecule has 0 aliphatic heterocycles. The maximum Gasteiger partial charge on any atom is 0.123 e. The van der Waals surface area contributed by atoms with Gasteiger partial charge in [0.1, 0.15) is 18.2 Å². The van der Waals surface area contributed by atoms with Crippen LogP contribution in [-0.4, -0.2) is 22.8 Å². The summed E-state index contributed by atoms with van der Waals surface area (Å²) in [4.78, 5) is 4.06. The van der Waals surface area contributed by atoms with Crippen LogP contribution in [0.1, 0.15) is 12.0 Å². The number of aromatic nitrogens is 1. The second kappa shape index (κ2) is 8.40. The van der Waals surface area contributed by atoms with E-state index in [2.05, 4.69) is 4.98 Å². The molecular weight excluding hydrogens is 317 g/mol. The predicted molar refractivity (Wildman–Crippen MR) is 95.9 cm³/mol. The second-order valence-electron chi connectivity index (χ2n) is 5.90. The van der Waals surface area contributed by atoms with Crippen LogP contribution >= 0.6 is 0 Å². The summed E-state index contributed by atoms with van der Waals surface area (Å²) in [6.07, 6.45) is 4.38. The molecule has 0 aliphatic rings. The van der Waals surface area contributed by atoms with E-state index in [1.807, 2.05) is 42.5 Å². The number of hydrogen-bond acceptors (Lipinski definition) is 3. The molecule has 2 aromatic carbocycles. The van der Waals surface area contributed by atoms with E-state index >= 15 is 0 Å². The Morgan fingerprint density at radius 2 is 1.84 bits per heavy atom. The predicted octanol–water partition coefficient (Wildman–Crippen LogP) is 4.26. The Labute approximate surface area is 146 Å². The Morgan fingerprint density at radius 1 is 1.00 bits per heavy atom. The van der Waals surface area contributed by atoms with Crippen molar-refractivity contribution in [1.29, 1.82) is 0 Å². The van der Waals surface area contributed by atoms with E-state index < -0.39 is 6.10 Å². The molecule has 1 heterocycles. The van der Waals surface area contributed by atoms with Gasteiger partial charge in [-0.2, -0.15) is 0 Å². The van der Waals surface area contributed by atoms with E-state index in [4.69, 9.17) is 4.74 Å². The van der Waals surface area contributed by atoms with Gasteiger partial charge in [0.25, 0.3) is 0 Å². The quantitative estimate of drug-likeness (QED) is 0.700. The minimum absolute atomic E-state index is 0.236. The SMILES string of the molecule is O[C@@H](CCc1cccnc1)COc1ccc(-c2cccc(F)c2)cc1. The summed E-state index contributed by atoms with van der Waals surface area (Å²) < 4.78 is 18.9. The number of halogens is 1. The molecular formula is C21H20FNO2. The fourth-order valence-corrected chi connectivity index (χ4v) is 2.57. The number of aryl methyl sites for hydroxylation is 1. The first-order valence-electron chi connectivity index (χ1n) is 8.26. The van der Waals surface area contributed by atoms with Gasteiger partial charge in [0.15, 0.2) is 0 Å². The van der Waals surface area contributed by atoms with Crippen LogP contribution in [0.3, 0.4) is 0 Å². The molecule has 0 unspecified atom stereocenters. The van der Waals surface area contributed by atoms with Gasteiger partial charge < -0.3 is 9.84 Å². The van der Waals surface area contributed by atoms with Crippen molar-refractivity contribution in [3.63, 3.8) is 0 Å². The first-order valence-corrected chi connectivity index (χ1v) is 8.26. The van der Waals surface area contributed by atoms with E-state index in [1.165, 1.54) is 12.1 Å². The number of aliphatic hydroxyl groups excluding tert-OH is 1. The summed E-state index contributed by atoms with van der Waals surface area (Å²) in [5.41, 5.74) is 2.84. The first kappa shape index (κ1) is 17.1. The minimum Gasteiger partial charge on any atom is -0.491 e. The number of aliphatic hydroxyl groups is 1. The molecule has 0 saturated heterocycles. The summed E-state index contributed by atoms with van der Waals surface area (Å²) in [6.45, 7) is 0.236. The lowest BCUT2D eigenvalue weighted by Gasteiger charge is -2.12. The summed E-state index contributed by atoms with van der Waals surface area (Å²) >= 11 is 0. The topological polar surface area (TPSA) is 42.4 Å². The van der Waals surface area contributed by atoms with Crippen LogP contribution in [0.2, 0.25) is 0 Å². The molecule has 25 heavy (non-hydrogen) atoms. The van der Waals surface area contributed by atoms with Gasteiger partial charge in [0, 0.05) is 12.4 Å². The van der Waals surface area contributed by atoms with Crippen molar-refractivity contribution in [2.24, 2.45) is 0 Å². The van der Waals surface area contributed by atoms with E-state index in [1.54, 1.807) is 18.5 Å². The van der Waals surface area contributed by atoms with Gasteiger partial charge in [0.05, 0.1) is 6.10 Å². The Morgan fingerprint density at radius 3 is 2.56 bits per heavy atom. The van der Waals surface area contributed by atoms with Crippen LogP contribution < -0.4 is 4.74 Å². The van der Waals surface area contributed by atoms with Crippen molar-refractivity contribution in [3.05, 3.63) is 84.4 Å². The zero-order valence-corrected chi connectivity index (χ0v) is 13.8. The Bertz CT molecular complexity index is 791. The highest BCUT2D eigenvalue weighted by Gasteiger charge is 2.07. The molecule has 128 valence electrons. The average Bonchev–Trinajstić information content (AvgIpc) is 2.66. The zero-order valence-electron chi connectivity index (χ0n) is 13.8. The van der Waals surface area contributed by atoms with Crippen molar-refractivity contribution in [2.45, 2.75) is 18.9 Å². The molecule has 0 fully saturated rings. The Hall–Kier alpha value is -2.72. The number of ether oxygens (including phenoxy) is 1. The molecule has 0 amide bonds. The highest BCUT2D eigenvalue weighted by molar-refractivity contribution is 5.64. The highest BCUT2D eigenvalue weighted by Crippen LogP contribution is 2.23. The molecule has 0 aliphatic carbocycles. The third-order valence-corrected chi connectivity index (χ3v) is 3.94. The molecule has 0 spiro atoms. The Balaban J connectivity index is 1.50. The van der Waals surface area contributed by atoms with Crippen LogP contribution in [0, 0.1) is 5.82 Å². The van der Waals surface area contributed by atoms with Crippen LogP contribution in [0.5, 0.6) is 5.75 Å². The molecule has 3 aromatic rings. The van der Waals surface area contributed by atoms with Gasteiger partial charge in [0.2, 0.25) is 0 Å². The summed E-state index contributed by atoms with van der Waals surface area (Å²) in [5, 5.41) is 10.0. The molecule has 1 N–H and O–H groups in total. The molecule has 0 bridgehead atoms. The molecule has 3 rings (SSSR count). The molecule has 0 radical (unpaired) electrons. The molecule has 3 nitrogen and oxygen atoms in total. The second-order valence-corrected chi connectivity index (χ2v) is 5.90. The maximum absolute atomic E-state index is 13.3. The van der Waals surface area contributed by atoms with E-state index in [0.717, 1.165) is 23.1 Å². The zero-order chi connectivity index (χ0) is 17.5. The normalized spacial score (nSPS) is 11.9. The lowest BCUT2D eigenvalue weighted by atomic mass is 10.1. The largest absolute Gasteiger partial charge is 0.491 e. The number of benzene rings is 2. The van der Waals surface area contributed by atoms with E-state index in [0.29, 0.717) is 12.2 Å². The van der Waals surface area contributed by atoms with Crippen molar-refractivity contribution in [3.8, 4) is 16.9 Å². The van der Waals surface area contributed by atoms with Gasteiger partial charge in [-0.15, -0.1) is 0 Å². The van der Waals surface area contributed by atoms with Gasteiger partial charge in [-0.05, 0) is 59.9 Å². The molecule has 1 atom stereocenters. The number of hydrogen-bond donors (Lipinski definition) is 1. The fourth-order valence-electron chi connectivity index (χ4n) is 2.57. The Kier molecular flexibility index (Phi) is 5.75. The third-order valence-electron chi connectivity index (χ3n) is 3.94. The molecule has 4 heteroatoms. The highest BCUT2D eigenvalue weighted by atomic mass is 19.1. The first-order chi connectivity index (χ1) is 12.2. The summed E-state index contributed by atoms with van der Waals surface area (Å²) in [5.74, 6) is 0.426. The number of nitrogens with zero attached hydrogens (tertiary/aromatic N) is 1. The van der Waals surface area contributed by atoms with Crippen LogP contribution in [-0.2, 0) is 6.42 Å². The molecule has 0 saturated carbocycles. The van der Waals surface area contributed by atoms with E-state index in [9.17, 15) is 9.50 Å². The minimum atomic E-state index is -0.539. The summed E-state index contributed by atoms with van der Waals surface area (Å²) in [7, 11) is 0. The van der Waals surface area contributed by atoms with Crippen LogP contribution in [0.4, 0.5) is 4.39 Å². The standard InChI is InChI=1S/C21H20FNO2/c22-19-5-1-4-18(13-19)17-7-10-21(11-8-17)25-15-20(24)9-6-16-3-2-12-23-14-16/h1-5,7-8,10-14,20,24H,6,9,15H2/t20-/m0/s1. The van der Waals surface area contributed by atoms with Crippen molar-refractivity contribution >= 4 is 0 Å². The van der Waals surface area contributed by atoms with Crippen LogP contribution in [0.15, 0.2) is 73.1 Å². The monoisotopic (exact) mass is 337 g/mol. The average molecular weight is 337 g/mol. The van der Waals surface area contributed by atoms with Crippen LogP contribution in [0.25, 0.3) is 11.1 Å². The van der Waals surface area contributed by atoms with Gasteiger partial charge in [-0.25, -0.2) is 4.39 Å². The third kappa shape index (κ3) is 5.13. The molecule has 1 aromatic heterocycles. The van der Waals surface area contributed by atoms with Crippen molar-refractivity contribution in [2.75, 3.05) is 6.61 Å². The fraction of sp³-hybridized carbons (Fsp3) is 0.190. The smallest absolute Gasteiger partial charge is 0.123 e. The van der Waals surface area contributed by atoms with E-state index in [-0.39, 0.29) is 12.4 Å². The van der Waals surface area contributed by atoms with Crippen molar-refractivity contribution < 1.29 is 14.2 Å². The number of pyridine rings is 1. The lowest BCUT2D eigenvalue weighted by molar-refractivity contribution is 0.100. The number of rotatable bonds is 7. The summed E-state index contributed by atoms with van der Waals surface area (Å²) in [6, 6.07) is 17.8.